The van der Waals surface area contributed by atoms with Crippen molar-refractivity contribution >= 4 is 46.7 Å². The molecule has 10 heteroatoms. The number of aliphatic carboxylic acids is 1. The van der Waals surface area contributed by atoms with Crippen LogP contribution < -0.4 is 15.4 Å². The number of halogens is 1. The number of carbonyl (C=O) groups excluding carboxylic acids is 2. The number of carboxylic acid groups (broad SMARTS) is 1. The van der Waals surface area contributed by atoms with Gasteiger partial charge in [0, 0.05) is 11.6 Å². The van der Waals surface area contributed by atoms with Crippen LogP contribution in [0.25, 0.3) is 0 Å². The van der Waals surface area contributed by atoms with Gasteiger partial charge in [-0.1, -0.05) is 55.0 Å². The highest BCUT2D eigenvalue weighted by molar-refractivity contribution is 7.80. The Hall–Kier alpha value is -3.17. The summed E-state index contributed by atoms with van der Waals surface area (Å²) in [4.78, 5) is 39.1. The van der Waals surface area contributed by atoms with E-state index in [0.717, 1.165) is 16.0 Å². The number of urea groups is 1. The molecular formula is C25H28ClN3O5S. The number of methoxy groups -OCH3 is 1. The molecule has 0 radical (unpaired) electrons. The normalized spacial score (nSPS) is 16.8. The first-order chi connectivity index (χ1) is 16.7. The topological polar surface area (TPSA) is 108 Å². The molecule has 35 heavy (non-hydrogen) atoms. The van der Waals surface area contributed by atoms with E-state index >= 15 is 0 Å². The summed E-state index contributed by atoms with van der Waals surface area (Å²) < 4.78 is 5.41. The van der Waals surface area contributed by atoms with Crippen LogP contribution in [0, 0.1) is 5.92 Å². The third kappa shape index (κ3) is 6.93. The number of hydrogen-bond donors (Lipinski definition) is 3. The van der Waals surface area contributed by atoms with Gasteiger partial charge in [-0.2, -0.15) is 0 Å². The lowest BCUT2D eigenvalue weighted by Gasteiger charge is -2.26. The number of benzene rings is 2. The molecule has 3 N–H and O–H groups in total. The molecule has 2 atom stereocenters. The van der Waals surface area contributed by atoms with Crippen molar-refractivity contribution in [2.45, 2.75) is 32.2 Å². The number of imide groups is 1. The Kier molecular flexibility index (Phi) is 9.06. The molecule has 1 aliphatic heterocycles. The molecule has 3 rings (SSSR count). The number of thiocarbonyl (C=S) groups is 1. The largest absolute Gasteiger partial charge is 0.496 e. The first kappa shape index (κ1) is 26.4. The van der Waals surface area contributed by atoms with Crippen molar-refractivity contribution in [1.82, 2.24) is 15.5 Å². The van der Waals surface area contributed by atoms with Gasteiger partial charge in [-0.05, 0) is 47.7 Å². The molecule has 1 aliphatic rings. The number of nitrogens with one attached hydrogen (secondary N) is 2. The van der Waals surface area contributed by atoms with Crippen molar-refractivity contribution in [3.05, 3.63) is 64.2 Å². The molecule has 186 valence electrons. The van der Waals surface area contributed by atoms with E-state index in [-0.39, 0.29) is 24.9 Å². The maximum absolute atomic E-state index is 13.4. The number of nitrogens with zero attached hydrogens (tertiary/aromatic N) is 1. The molecule has 0 spiro atoms. The van der Waals surface area contributed by atoms with Gasteiger partial charge in [0.1, 0.15) is 5.75 Å². The smallest absolute Gasteiger partial charge is 0.324 e. The van der Waals surface area contributed by atoms with Crippen LogP contribution in [0.4, 0.5) is 4.79 Å². The third-order valence-corrected chi connectivity index (χ3v) is 6.37. The van der Waals surface area contributed by atoms with E-state index in [1.54, 1.807) is 49.6 Å². The molecule has 0 aliphatic carbocycles. The van der Waals surface area contributed by atoms with Crippen LogP contribution in [0.1, 0.15) is 36.1 Å². The van der Waals surface area contributed by atoms with E-state index in [0.29, 0.717) is 40.7 Å². The molecule has 8 nitrogen and oxygen atoms in total. The lowest BCUT2D eigenvalue weighted by atomic mass is 9.97. The van der Waals surface area contributed by atoms with Gasteiger partial charge in [0.05, 0.1) is 37.0 Å². The van der Waals surface area contributed by atoms with E-state index in [1.165, 1.54) is 0 Å². The zero-order valence-electron chi connectivity index (χ0n) is 19.5. The number of rotatable bonds is 8. The minimum atomic E-state index is -0.910. The predicted octanol–water partition coefficient (Wildman–Crippen LogP) is 3.75. The van der Waals surface area contributed by atoms with Crippen LogP contribution in [0.15, 0.2) is 42.5 Å². The number of carboxylic acids is 1. The second kappa shape index (κ2) is 12.0. The zero-order chi connectivity index (χ0) is 25.5. The standard InChI is InChI=1S/C25H28ClN3O5S/c1-3-20(16-6-4-15(5-7-16)10-23(30)31)28-25(33)29-14-22(35)27-13-18(24(29)32)11-17-12-19(26)8-9-21(17)34-2/h4-9,12,18,20H,3,10-11,13-14H2,1-2H3,(H,27,35)(H,28,33)(H,30,31)/t18-,20-/m1/s1. The van der Waals surface area contributed by atoms with Crippen molar-refractivity contribution in [1.29, 1.82) is 0 Å². The van der Waals surface area contributed by atoms with Crippen molar-refractivity contribution in [2.24, 2.45) is 5.92 Å². The van der Waals surface area contributed by atoms with Crippen molar-refractivity contribution < 1.29 is 24.2 Å². The molecule has 2 aromatic carbocycles. The van der Waals surface area contributed by atoms with Crippen LogP contribution in [-0.4, -0.2) is 53.1 Å². The summed E-state index contributed by atoms with van der Waals surface area (Å²) in [5.41, 5.74) is 2.25. The van der Waals surface area contributed by atoms with E-state index in [2.05, 4.69) is 10.6 Å². The molecule has 1 fully saturated rings. The highest BCUT2D eigenvalue weighted by Crippen LogP contribution is 2.27. The Bertz CT molecular complexity index is 1110. The number of carbonyl (C=O) groups is 3. The predicted molar refractivity (Wildman–Crippen MR) is 137 cm³/mol. The molecular weight excluding hydrogens is 490 g/mol. The zero-order valence-corrected chi connectivity index (χ0v) is 21.1. The SMILES string of the molecule is CC[C@@H](NC(=O)N1CC(=S)NC[C@@H](Cc2cc(Cl)ccc2OC)C1=O)c1ccc(CC(=O)O)cc1. The Morgan fingerprint density at radius 3 is 2.63 bits per heavy atom. The molecule has 0 aromatic heterocycles. The highest BCUT2D eigenvalue weighted by atomic mass is 35.5. The summed E-state index contributed by atoms with van der Waals surface area (Å²) in [5.74, 6) is -1.19. The summed E-state index contributed by atoms with van der Waals surface area (Å²) >= 11 is 11.5. The van der Waals surface area contributed by atoms with Crippen LogP contribution in [-0.2, 0) is 22.4 Å². The van der Waals surface area contributed by atoms with Crippen LogP contribution in [0.2, 0.25) is 5.02 Å². The van der Waals surface area contributed by atoms with Crippen LogP contribution >= 0.6 is 23.8 Å². The van der Waals surface area contributed by atoms with Gasteiger partial charge in [-0.15, -0.1) is 0 Å². The van der Waals surface area contributed by atoms with Crippen molar-refractivity contribution in [2.75, 3.05) is 20.2 Å². The second-order valence-corrected chi connectivity index (χ2v) is 9.24. The van der Waals surface area contributed by atoms with Gasteiger partial charge >= 0.3 is 12.0 Å². The Morgan fingerprint density at radius 2 is 2.00 bits per heavy atom. The molecule has 1 heterocycles. The average Bonchev–Trinajstić information content (AvgIpc) is 2.96. The summed E-state index contributed by atoms with van der Waals surface area (Å²) in [6.07, 6.45) is 0.830. The van der Waals surface area contributed by atoms with Gasteiger partial charge in [0.2, 0.25) is 5.91 Å². The quantitative estimate of drug-likeness (QED) is 0.457. The minimum Gasteiger partial charge on any atom is -0.496 e. The van der Waals surface area contributed by atoms with E-state index in [4.69, 9.17) is 33.7 Å². The maximum atomic E-state index is 13.4. The molecule has 0 unspecified atom stereocenters. The molecule has 1 saturated heterocycles. The number of amides is 3. The van der Waals surface area contributed by atoms with Crippen molar-refractivity contribution in [3.8, 4) is 5.75 Å². The molecule has 2 aromatic rings. The van der Waals surface area contributed by atoms with Gasteiger partial charge < -0.3 is 20.5 Å². The van der Waals surface area contributed by atoms with Crippen molar-refractivity contribution in [3.63, 3.8) is 0 Å². The highest BCUT2D eigenvalue weighted by Gasteiger charge is 2.34. The van der Waals surface area contributed by atoms with Gasteiger partial charge in [0.25, 0.3) is 0 Å². The van der Waals surface area contributed by atoms with Gasteiger partial charge in [-0.25, -0.2) is 4.79 Å². The molecule has 3 amide bonds. The third-order valence-electron chi connectivity index (χ3n) is 5.86. The second-order valence-electron chi connectivity index (χ2n) is 8.31. The lowest BCUT2D eigenvalue weighted by Crippen LogP contribution is -2.48. The van der Waals surface area contributed by atoms with E-state index < -0.39 is 17.9 Å². The van der Waals surface area contributed by atoms with Crippen LogP contribution in [0.3, 0.4) is 0 Å². The molecule has 0 bridgehead atoms. The van der Waals surface area contributed by atoms with Gasteiger partial charge in [-0.3, -0.25) is 14.5 Å². The minimum absolute atomic E-state index is 0.0167. The Morgan fingerprint density at radius 1 is 1.29 bits per heavy atom. The fourth-order valence-electron chi connectivity index (χ4n) is 4.02. The Labute approximate surface area is 214 Å². The lowest BCUT2D eigenvalue weighted by molar-refractivity contribution is -0.136. The summed E-state index contributed by atoms with van der Waals surface area (Å²) in [5, 5.41) is 15.5. The number of hydrogen-bond acceptors (Lipinski definition) is 5. The molecule has 0 saturated carbocycles. The van der Waals surface area contributed by atoms with Gasteiger partial charge in [0.15, 0.2) is 0 Å². The first-order valence-corrected chi connectivity index (χ1v) is 12.0. The fraction of sp³-hybridized carbons (Fsp3) is 0.360. The summed E-state index contributed by atoms with van der Waals surface area (Å²) in [6.45, 7) is 2.19. The number of ether oxygens (including phenoxy) is 1. The van der Waals surface area contributed by atoms with Crippen LogP contribution in [0.5, 0.6) is 5.75 Å². The maximum Gasteiger partial charge on any atom is 0.324 e. The average molecular weight is 518 g/mol. The van der Waals surface area contributed by atoms with E-state index in [9.17, 15) is 14.4 Å². The summed E-state index contributed by atoms with van der Waals surface area (Å²) in [7, 11) is 1.55. The van der Waals surface area contributed by atoms with E-state index in [1.807, 2.05) is 6.92 Å². The first-order valence-electron chi connectivity index (χ1n) is 11.2. The Balaban J connectivity index is 1.76. The summed E-state index contributed by atoms with van der Waals surface area (Å²) in [6, 6.07) is 11.3. The monoisotopic (exact) mass is 517 g/mol. The fourth-order valence-corrected chi connectivity index (χ4v) is 4.42.